The molecule has 1 heterocycles. The number of para-hydroxylation sites is 2. The van der Waals surface area contributed by atoms with Gasteiger partial charge in [-0.05, 0) is 91.2 Å². The second kappa shape index (κ2) is 11.4. The molecule has 0 amide bonds. The first-order valence-electron chi connectivity index (χ1n) is 19.0. The minimum atomic E-state index is -0.403. The third kappa shape index (κ3) is 4.08. The number of anilines is 3. The summed E-state index contributed by atoms with van der Waals surface area (Å²) in [6, 6.07) is 73.1. The Morgan fingerprint density at radius 1 is 0.382 bits per heavy atom. The molecular formula is C53H33NO. The highest BCUT2D eigenvalue weighted by atomic mass is 16.3. The molecule has 2 aliphatic rings. The van der Waals surface area contributed by atoms with Crippen molar-refractivity contribution in [3.63, 3.8) is 0 Å². The monoisotopic (exact) mass is 699 g/mol. The molecule has 2 aliphatic carbocycles. The summed E-state index contributed by atoms with van der Waals surface area (Å²) in [5, 5.41) is 4.61. The molecule has 0 fully saturated rings. The molecule has 0 aliphatic heterocycles. The van der Waals surface area contributed by atoms with E-state index >= 15 is 0 Å². The van der Waals surface area contributed by atoms with E-state index in [1.807, 2.05) is 0 Å². The van der Waals surface area contributed by atoms with Crippen molar-refractivity contribution in [3.8, 4) is 33.4 Å². The van der Waals surface area contributed by atoms with Crippen LogP contribution >= 0.6 is 0 Å². The van der Waals surface area contributed by atoms with E-state index in [1.165, 1.54) is 55.3 Å². The second-order valence-corrected chi connectivity index (χ2v) is 14.8. The Labute approximate surface area is 319 Å². The van der Waals surface area contributed by atoms with Crippen molar-refractivity contribution in [2.24, 2.45) is 0 Å². The van der Waals surface area contributed by atoms with Crippen LogP contribution in [-0.2, 0) is 5.41 Å². The minimum Gasteiger partial charge on any atom is -0.454 e. The van der Waals surface area contributed by atoms with Crippen LogP contribution in [-0.4, -0.2) is 0 Å². The summed E-state index contributed by atoms with van der Waals surface area (Å²) < 4.78 is 6.92. The average Bonchev–Trinajstić information content (AvgIpc) is 3.89. The zero-order valence-electron chi connectivity index (χ0n) is 29.9. The van der Waals surface area contributed by atoms with Gasteiger partial charge in [-0.15, -0.1) is 0 Å². The summed E-state index contributed by atoms with van der Waals surface area (Å²) in [6.07, 6.45) is 0. The molecule has 2 nitrogen and oxygen atoms in total. The van der Waals surface area contributed by atoms with Gasteiger partial charge in [0.1, 0.15) is 5.58 Å². The summed E-state index contributed by atoms with van der Waals surface area (Å²) in [4.78, 5) is 2.43. The van der Waals surface area contributed by atoms with E-state index in [4.69, 9.17) is 4.42 Å². The van der Waals surface area contributed by atoms with E-state index in [9.17, 15) is 0 Å². The maximum absolute atomic E-state index is 6.92. The molecular weight excluding hydrogens is 667 g/mol. The molecule has 0 radical (unpaired) electrons. The van der Waals surface area contributed by atoms with Crippen LogP contribution in [0.2, 0.25) is 0 Å². The number of rotatable bonds is 4. The highest BCUT2D eigenvalue weighted by Gasteiger charge is 2.51. The van der Waals surface area contributed by atoms with Gasteiger partial charge in [0.05, 0.1) is 16.8 Å². The average molecular weight is 700 g/mol. The van der Waals surface area contributed by atoms with Gasteiger partial charge in [0, 0.05) is 22.0 Å². The predicted octanol–water partition coefficient (Wildman–Crippen LogP) is 14.2. The molecule has 10 aromatic rings. The van der Waals surface area contributed by atoms with Gasteiger partial charge in [-0.1, -0.05) is 170 Å². The Hall–Kier alpha value is -7.16. The lowest BCUT2D eigenvalue weighted by atomic mass is 9.70. The van der Waals surface area contributed by atoms with Gasteiger partial charge in [-0.25, -0.2) is 0 Å². The molecule has 0 unspecified atom stereocenters. The zero-order chi connectivity index (χ0) is 36.1. The van der Waals surface area contributed by atoms with Crippen LogP contribution in [0.15, 0.2) is 205 Å². The van der Waals surface area contributed by atoms with E-state index < -0.39 is 5.41 Å². The van der Waals surface area contributed by atoms with Crippen LogP contribution < -0.4 is 4.90 Å². The van der Waals surface area contributed by atoms with Crippen LogP contribution in [0.25, 0.3) is 66.1 Å². The summed E-state index contributed by atoms with van der Waals surface area (Å²) >= 11 is 0. The lowest BCUT2D eigenvalue weighted by Gasteiger charge is -2.31. The van der Waals surface area contributed by atoms with Crippen molar-refractivity contribution in [1.82, 2.24) is 0 Å². The number of furan rings is 1. The third-order valence-electron chi connectivity index (χ3n) is 12.1. The van der Waals surface area contributed by atoms with Crippen LogP contribution in [0.5, 0.6) is 0 Å². The standard InChI is InChI=1S/C53H33NO/c1-2-16-34(17-3-1)37-19-9-14-28-48(37)54(49-32-35-18-4-5-20-38(35)51-42-24-10-15-29-50(42)55-52(49)51)36-30-31-47-43(33-36)41-23-8-13-27-46(41)53(47)44-25-11-6-21-39(44)40-22-7-12-26-45(40)53/h1-33H. The van der Waals surface area contributed by atoms with E-state index in [1.54, 1.807) is 0 Å². The predicted molar refractivity (Wildman–Crippen MR) is 228 cm³/mol. The van der Waals surface area contributed by atoms with Crippen LogP contribution in [0.3, 0.4) is 0 Å². The summed E-state index contributed by atoms with van der Waals surface area (Å²) in [5.41, 5.74) is 17.3. The number of hydrogen-bond acceptors (Lipinski definition) is 2. The molecule has 0 saturated carbocycles. The van der Waals surface area contributed by atoms with Gasteiger partial charge in [0.15, 0.2) is 5.58 Å². The van der Waals surface area contributed by atoms with Crippen molar-refractivity contribution in [1.29, 1.82) is 0 Å². The molecule has 1 spiro atoms. The van der Waals surface area contributed by atoms with Crippen molar-refractivity contribution >= 4 is 49.8 Å². The molecule has 0 saturated heterocycles. The van der Waals surface area contributed by atoms with Crippen molar-refractivity contribution < 1.29 is 4.42 Å². The Morgan fingerprint density at radius 2 is 0.927 bits per heavy atom. The molecule has 0 atom stereocenters. The van der Waals surface area contributed by atoms with E-state index in [-0.39, 0.29) is 0 Å². The summed E-state index contributed by atoms with van der Waals surface area (Å²) in [6.45, 7) is 0. The van der Waals surface area contributed by atoms with Crippen molar-refractivity contribution in [2.75, 3.05) is 4.90 Å². The quantitative estimate of drug-likeness (QED) is 0.182. The van der Waals surface area contributed by atoms with Crippen LogP contribution in [0, 0.1) is 0 Å². The maximum atomic E-state index is 6.92. The normalized spacial score (nSPS) is 13.2. The highest BCUT2D eigenvalue weighted by molar-refractivity contribution is 6.23. The van der Waals surface area contributed by atoms with Crippen molar-refractivity contribution in [2.45, 2.75) is 5.41 Å². The van der Waals surface area contributed by atoms with E-state index in [2.05, 4.69) is 205 Å². The number of hydrogen-bond donors (Lipinski definition) is 0. The molecule has 0 N–H and O–H groups in total. The van der Waals surface area contributed by atoms with Crippen LogP contribution in [0.4, 0.5) is 17.1 Å². The van der Waals surface area contributed by atoms with E-state index in [0.29, 0.717) is 0 Å². The first-order valence-corrected chi connectivity index (χ1v) is 19.0. The highest BCUT2D eigenvalue weighted by Crippen LogP contribution is 2.63. The fraction of sp³-hybridized carbons (Fsp3) is 0.0189. The lowest BCUT2D eigenvalue weighted by Crippen LogP contribution is -2.25. The number of benzene rings is 9. The number of fused-ring (bicyclic) bond motifs is 15. The second-order valence-electron chi connectivity index (χ2n) is 14.8. The minimum absolute atomic E-state index is 0.403. The Balaban J connectivity index is 1.19. The smallest absolute Gasteiger partial charge is 0.160 e. The van der Waals surface area contributed by atoms with Gasteiger partial charge in [0.25, 0.3) is 0 Å². The first-order chi connectivity index (χ1) is 27.3. The van der Waals surface area contributed by atoms with Crippen LogP contribution in [0.1, 0.15) is 22.3 Å². The molecule has 0 bridgehead atoms. The largest absolute Gasteiger partial charge is 0.454 e. The summed E-state index contributed by atoms with van der Waals surface area (Å²) in [7, 11) is 0. The number of nitrogens with zero attached hydrogens (tertiary/aromatic N) is 1. The molecule has 9 aromatic carbocycles. The van der Waals surface area contributed by atoms with Gasteiger partial charge in [-0.3, -0.25) is 0 Å². The Bertz CT molecular complexity index is 3120. The maximum Gasteiger partial charge on any atom is 0.160 e. The summed E-state index contributed by atoms with van der Waals surface area (Å²) in [5.74, 6) is 0. The van der Waals surface area contributed by atoms with Crippen molar-refractivity contribution in [3.05, 3.63) is 222 Å². The van der Waals surface area contributed by atoms with Gasteiger partial charge >= 0.3 is 0 Å². The zero-order valence-corrected chi connectivity index (χ0v) is 29.9. The molecule has 2 heteroatoms. The van der Waals surface area contributed by atoms with E-state index in [0.717, 1.165) is 50.1 Å². The van der Waals surface area contributed by atoms with Gasteiger partial charge in [-0.2, -0.15) is 0 Å². The van der Waals surface area contributed by atoms with Gasteiger partial charge < -0.3 is 9.32 Å². The fourth-order valence-electron chi connectivity index (χ4n) is 9.89. The Kier molecular flexibility index (Phi) is 6.29. The fourth-order valence-corrected chi connectivity index (χ4v) is 9.89. The third-order valence-corrected chi connectivity index (χ3v) is 12.1. The molecule has 1 aromatic heterocycles. The topological polar surface area (TPSA) is 16.4 Å². The molecule has 12 rings (SSSR count). The Morgan fingerprint density at radius 3 is 1.65 bits per heavy atom. The van der Waals surface area contributed by atoms with Gasteiger partial charge in [0.2, 0.25) is 0 Å². The molecule has 55 heavy (non-hydrogen) atoms. The first kappa shape index (κ1) is 30.3. The SMILES string of the molecule is c1ccc(-c2ccccc2N(c2ccc3c(c2)-c2ccccc2C32c3ccccc3-c3ccccc32)c2cc3ccccc3c3c2oc2ccccc23)cc1. The lowest BCUT2D eigenvalue weighted by molar-refractivity contribution is 0.669. The molecule has 256 valence electrons.